The molecule has 0 aliphatic carbocycles. The Morgan fingerprint density at radius 2 is 1.11 bits per heavy atom. The maximum atomic E-state index is 4.96. The zero-order chi connectivity index (χ0) is 20.3. The quantitative estimate of drug-likeness (QED) is 0.169. The third-order valence-corrected chi connectivity index (χ3v) is 5.37. The summed E-state index contributed by atoms with van der Waals surface area (Å²) in [4.78, 5) is 0. The van der Waals surface area contributed by atoms with Gasteiger partial charge in [-0.3, -0.25) is 0 Å². The van der Waals surface area contributed by atoms with Crippen LogP contribution < -0.4 is 0 Å². The third kappa shape index (κ3) is 19.1. The van der Waals surface area contributed by atoms with E-state index < -0.39 is 0 Å². The summed E-state index contributed by atoms with van der Waals surface area (Å²) in [6, 6.07) is 16.7. The van der Waals surface area contributed by atoms with E-state index in [1.54, 1.807) is 0 Å². The summed E-state index contributed by atoms with van der Waals surface area (Å²) in [6.07, 6.45) is 11.7. The lowest BCUT2D eigenvalue weighted by Gasteiger charge is -1.90. The summed E-state index contributed by atoms with van der Waals surface area (Å²) >= 11 is 6.89. The molecule has 0 N–H and O–H groups in total. The van der Waals surface area contributed by atoms with E-state index in [1.807, 2.05) is 0 Å². The first kappa shape index (κ1) is 29.9. The minimum absolute atomic E-state index is 0. The fraction of sp³-hybridized carbons (Fsp3) is 0.360. The molecule has 0 unspecified atom stereocenters. The van der Waals surface area contributed by atoms with Crippen LogP contribution in [0, 0.1) is 34.9 Å². The van der Waals surface area contributed by atoms with Gasteiger partial charge in [-0.05, 0) is 129 Å². The Morgan fingerprint density at radius 1 is 0.714 bits per heavy atom. The number of halogens is 3. The second-order valence-electron chi connectivity index (χ2n) is 5.66. The predicted molar refractivity (Wildman–Crippen MR) is 153 cm³/mol. The second-order valence-corrected chi connectivity index (χ2v) is 9.39. The van der Waals surface area contributed by atoms with Crippen LogP contribution in [0.25, 0.3) is 0 Å². The van der Waals surface area contributed by atoms with E-state index in [4.69, 9.17) is 6.42 Å². The van der Waals surface area contributed by atoms with Gasteiger partial charge < -0.3 is 0 Å². The average molecular weight is 712 g/mol. The van der Waals surface area contributed by atoms with Crippen molar-refractivity contribution in [2.75, 3.05) is 0 Å². The van der Waals surface area contributed by atoms with Gasteiger partial charge in [0.2, 0.25) is 0 Å². The molecule has 152 valence electrons. The number of hydrogen-bond donors (Lipinski definition) is 0. The van der Waals surface area contributed by atoms with Gasteiger partial charge >= 0.3 is 0 Å². The zero-order valence-electron chi connectivity index (χ0n) is 16.1. The van der Waals surface area contributed by atoms with Crippen molar-refractivity contribution >= 4 is 67.8 Å². The van der Waals surface area contributed by atoms with Crippen LogP contribution in [0.1, 0.15) is 65.4 Å². The minimum atomic E-state index is 0. The van der Waals surface area contributed by atoms with E-state index in [9.17, 15) is 0 Å². The highest BCUT2D eigenvalue weighted by atomic mass is 127. The molecule has 0 fully saturated rings. The topological polar surface area (TPSA) is 0 Å². The summed E-state index contributed by atoms with van der Waals surface area (Å²) in [7, 11) is 0. The molecule has 0 nitrogen and oxygen atoms in total. The fourth-order valence-corrected chi connectivity index (χ4v) is 2.75. The van der Waals surface area contributed by atoms with Crippen molar-refractivity contribution in [3.05, 3.63) is 64.8 Å². The molecule has 0 saturated heterocycles. The van der Waals surface area contributed by atoms with E-state index in [1.165, 1.54) is 36.4 Å². The van der Waals surface area contributed by atoms with Gasteiger partial charge in [0.15, 0.2) is 0 Å². The number of hydrogen-bond acceptors (Lipinski definition) is 0. The minimum Gasteiger partial charge on any atom is -0.120 e. The van der Waals surface area contributed by atoms with Crippen LogP contribution in [0.3, 0.4) is 0 Å². The smallest absolute Gasteiger partial charge is 0.0245 e. The number of terminal acetylenes is 1. The lowest BCUT2D eigenvalue weighted by atomic mass is 10.2. The molecule has 2 aromatic rings. The van der Waals surface area contributed by atoms with E-state index in [0.717, 1.165) is 18.4 Å². The van der Waals surface area contributed by atoms with Crippen molar-refractivity contribution in [1.82, 2.24) is 0 Å². The van der Waals surface area contributed by atoms with Gasteiger partial charge in [0.05, 0.1) is 0 Å². The second kappa shape index (κ2) is 21.5. The maximum Gasteiger partial charge on any atom is 0.0245 e. The zero-order valence-corrected chi connectivity index (χ0v) is 22.5. The van der Waals surface area contributed by atoms with Crippen molar-refractivity contribution < 1.29 is 0 Å². The predicted octanol–water partition coefficient (Wildman–Crippen LogP) is 9.17. The van der Waals surface area contributed by atoms with Crippen molar-refractivity contribution in [1.29, 1.82) is 0 Å². The van der Waals surface area contributed by atoms with Crippen molar-refractivity contribution in [2.24, 2.45) is 0 Å². The summed E-state index contributed by atoms with van der Waals surface area (Å²) in [5.74, 6) is 8.89. The third-order valence-electron chi connectivity index (χ3n) is 3.21. The lowest BCUT2D eigenvalue weighted by molar-refractivity contribution is 0.828. The summed E-state index contributed by atoms with van der Waals surface area (Å²) < 4.78 is 3.85. The normalized spacial score (nSPS) is 8.43. The molecule has 2 rings (SSSR count). The van der Waals surface area contributed by atoms with Crippen molar-refractivity contribution in [3.8, 4) is 24.2 Å². The molecule has 0 aliphatic rings. The van der Waals surface area contributed by atoms with Crippen LogP contribution >= 0.6 is 67.8 Å². The number of unbranched alkanes of at least 4 members (excludes halogenated alkanes) is 4. The van der Waals surface area contributed by atoms with Crippen LogP contribution in [0.2, 0.25) is 0 Å². The molecular weight excluding hydrogens is 681 g/mol. The molecule has 0 atom stereocenters. The Labute approximate surface area is 214 Å². The van der Waals surface area contributed by atoms with E-state index >= 15 is 0 Å². The first-order chi connectivity index (χ1) is 13.0. The highest BCUT2D eigenvalue weighted by molar-refractivity contribution is 14.1. The van der Waals surface area contributed by atoms with E-state index in [-0.39, 0.29) is 7.43 Å². The molecule has 0 heterocycles. The van der Waals surface area contributed by atoms with Gasteiger partial charge in [-0.1, -0.05) is 46.0 Å². The van der Waals surface area contributed by atoms with Crippen LogP contribution in [0.15, 0.2) is 48.5 Å². The molecule has 0 amide bonds. The Balaban J connectivity index is 0. The van der Waals surface area contributed by atoms with Gasteiger partial charge in [0, 0.05) is 29.1 Å². The van der Waals surface area contributed by atoms with Crippen molar-refractivity contribution in [2.45, 2.75) is 59.8 Å². The summed E-state index contributed by atoms with van der Waals surface area (Å²) in [5, 5.41) is 0. The SMILES string of the molecule is C.C#CCCCC.CCCCC#Cc1ccc(I)cc1.Ic1ccc(I)cc1. The molecule has 0 bridgehead atoms. The molecule has 28 heavy (non-hydrogen) atoms. The van der Waals surface area contributed by atoms with Gasteiger partial charge in [-0.25, -0.2) is 0 Å². The fourth-order valence-electron chi connectivity index (χ4n) is 1.67. The molecule has 0 aliphatic heterocycles. The average Bonchev–Trinajstić information content (AvgIpc) is 2.68. The Hall–Kier alpha value is -0.250. The molecule has 0 spiro atoms. The summed E-state index contributed by atoms with van der Waals surface area (Å²) in [5.41, 5.74) is 1.12. The Kier molecular flexibility index (Phi) is 23.0. The number of benzene rings is 2. The molecule has 2 aromatic carbocycles. The standard InChI is InChI=1S/C12H13I.C6H4I2.C6H10.CH4/c1-2-3-4-5-6-11-7-9-12(13)10-8-11;7-5-1-2-6(8)4-3-5;1-3-5-6-4-2;/h7-10H,2-4H2,1H3;1-4H;1H,4-6H2,2H3;1H4. The largest absolute Gasteiger partial charge is 0.120 e. The Morgan fingerprint density at radius 3 is 1.46 bits per heavy atom. The monoisotopic (exact) mass is 712 g/mol. The first-order valence-corrected chi connectivity index (χ1v) is 12.4. The highest BCUT2D eigenvalue weighted by Gasteiger charge is 1.86. The van der Waals surface area contributed by atoms with Gasteiger partial charge in [-0.15, -0.1) is 12.3 Å². The van der Waals surface area contributed by atoms with Crippen LogP contribution in [-0.4, -0.2) is 0 Å². The molecule has 0 saturated carbocycles. The molecule has 0 aromatic heterocycles. The lowest BCUT2D eigenvalue weighted by Crippen LogP contribution is -1.75. The van der Waals surface area contributed by atoms with E-state index in [0.29, 0.717) is 0 Å². The van der Waals surface area contributed by atoms with Gasteiger partial charge in [0.25, 0.3) is 0 Å². The molecular formula is C25H31I3. The highest BCUT2D eigenvalue weighted by Crippen LogP contribution is 2.08. The van der Waals surface area contributed by atoms with Crippen LogP contribution in [0.5, 0.6) is 0 Å². The summed E-state index contributed by atoms with van der Waals surface area (Å²) in [6.45, 7) is 4.32. The van der Waals surface area contributed by atoms with Crippen LogP contribution in [-0.2, 0) is 0 Å². The maximum absolute atomic E-state index is 4.96. The Bertz CT molecular complexity index is 678. The molecule has 3 heteroatoms. The first-order valence-electron chi connectivity index (χ1n) is 9.12. The van der Waals surface area contributed by atoms with Gasteiger partial charge in [-0.2, -0.15) is 0 Å². The molecule has 0 radical (unpaired) electrons. The van der Waals surface area contributed by atoms with Crippen molar-refractivity contribution in [3.63, 3.8) is 0 Å². The van der Waals surface area contributed by atoms with Gasteiger partial charge in [0.1, 0.15) is 0 Å². The van der Waals surface area contributed by atoms with Crippen LogP contribution in [0.4, 0.5) is 0 Å². The number of rotatable bonds is 4. The van der Waals surface area contributed by atoms with E-state index in [2.05, 4.69) is 148 Å².